The van der Waals surface area contributed by atoms with Gasteiger partial charge in [-0.05, 0) is 12.1 Å². The van der Waals surface area contributed by atoms with Gasteiger partial charge in [-0.2, -0.15) is 10.2 Å². The number of ether oxygens (including phenoxy) is 1. The lowest BCUT2D eigenvalue weighted by Gasteiger charge is -2.20. The Bertz CT molecular complexity index is 839. The fourth-order valence-corrected chi connectivity index (χ4v) is 3.04. The summed E-state index contributed by atoms with van der Waals surface area (Å²) < 4.78 is 19.8. The van der Waals surface area contributed by atoms with Crippen molar-refractivity contribution in [1.82, 2.24) is 15.0 Å². The largest absolute Gasteiger partial charge is 0.377 e. The van der Waals surface area contributed by atoms with E-state index < -0.39 is 5.82 Å². The molecule has 2 atom stereocenters. The highest BCUT2D eigenvalue weighted by Crippen LogP contribution is 2.25. The Labute approximate surface area is 157 Å². The van der Waals surface area contributed by atoms with Crippen molar-refractivity contribution in [2.75, 3.05) is 49.4 Å². The van der Waals surface area contributed by atoms with E-state index in [4.69, 9.17) is 10.00 Å². The van der Waals surface area contributed by atoms with Crippen molar-refractivity contribution in [3.63, 3.8) is 0 Å². The number of nitrogens with zero attached hydrogens (tertiary/aromatic N) is 6. The standard InChI is InChI=1S/C18H22FN7O/c1-25(2)18-21-7-5-17(24-18)26-10-15(16(11-26)27-3)23-14-8-12(4-6-20)22-9-13(14)19/h5,7-9,15-16H,4,10-11H2,1-3H3,(H,22,23)/t15-,16+/m0/s1. The van der Waals surface area contributed by atoms with Gasteiger partial charge in [0.15, 0.2) is 5.82 Å². The van der Waals surface area contributed by atoms with E-state index in [1.807, 2.05) is 31.1 Å². The highest BCUT2D eigenvalue weighted by Gasteiger charge is 2.34. The molecule has 1 N–H and O–H groups in total. The van der Waals surface area contributed by atoms with Crippen LogP contribution >= 0.6 is 0 Å². The third kappa shape index (κ3) is 4.23. The SMILES string of the molecule is CO[C@@H]1CN(c2ccnc(N(C)C)n2)C[C@@H]1Nc1cc(CC#N)ncc1F. The second kappa shape index (κ2) is 8.14. The Morgan fingerprint density at radius 2 is 2.22 bits per heavy atom. The molecule has 1 fully saturated rings. The summed E-state index contributed by atoms with van der Waals surface area (Å²) in [5.74, 6) is 0.960. The van der Waals surface area contributed by atoms with E-state index >= 15 is 0 Å². The van der Waals surface area contributed by atoms with Crippen LogP contribution in [0.5, 0.6) is 0 Å². The minimum atomic E-state index is -0.457. The molecule has 3 heterocycles. The predicted molar refractivity (Wildman–Crippen MR) is 100 cm³/mol. The number of anilines is 3. The predicted octanol–water partition coefficient (Wildman–Crippen LogP) is 1.46. The van der Waals surface area contributed by atoms with Crippen LogP contribution in [0.2, 0.25) is 0 Å². The molecule has 8 nitrogen and oxygen atoms in total. The van der Waals surface area contributed by atoms with Crippen LogP contribution in [0.15, 0.2) is 24.5 Å². The number of hydrogen-bond acceptors (Lipinski definition) is 8. The van der Waals surface area contributed by atoms with Crippen molar-refractivity contribution < 1.29 is 9.13 Å². The number of nitriles is 1. The molecule has 1 saturated heterocycles. The van der Waals surface area contributed by atoms with Gasteiger partial charge in [0.05, 0.1) is 42.2 Å². The van der Waals surface area contributed by atoms with Crippen molar-refractivity contribution in [1.29, 1.82) is 5.26 Å². The average molecular weight is 371 g/mol. The van der Waals surface area contributed by atoms with Crippen molar-refractivity contribution in [2.24, 2.45) is 0 Å². The van der Waals surface area contributed by atoms with Crippen LogP contribution in [0, 0.1) is 17.1 Å². The Morgan fingerprint density at radius 1 is 1.41 bits per heavy atom. The van der Waals surface area contributed by atoms with E-state index in [1.54, 1.807) is 19.4 Å². The lowest BCUT2D eigenvalue weighted by molar-refractivity contribution is 0.113. The molecule has 3 rings (SSSR count). The summed E-state index contributed by atoms with van der Waals surface area (Å²) in [5, 5.41) is 12.0. The first-order valence-electron chi connectivity index (χ1n) is 8.58. The summed E-state index contributed by atoms with van der Waals surface area (Å²) in [5.41, 5.74) is 0.845. The van der Waals surface area contributed by atoms with E-state index in [1.165, 1.54) is 0 Å². The molecule has 0 amide bonds. The fourth-order valence-electron chi connectivity index (χ4n) is 3.04. The van der Waals surface area contributed by atoms with Gasteiger partial charge in [-0.1, -0.05) is 0 Å². The maximum Gasteiger partial charge on any atom is 0.226 e. The Morgan fingerprint density at radius 3 is 2.93 bits per heavy atom. The van der Waals surface area contributed by atoms with Crippen LogP contribution in [0.4, 0.5) is 21.8 Å². The van der Waals surface area contributed by atoms with E-state index in [0.29, 0.717) is 30.4 Å². The number of nitrogens with one attached hydrogen (secondary N) is 1. The summed E-state index contributed by atoms with van der Waals surface area (Å²) in [6, 6.07) is 5.30. The lowest BCUT2D eigenvalue weighted by atomic mass is 10.2. The van der Waals surface area contributed by atoms with Gasteiger partial charge in [0.2, 0.25) is 5.95 Å². The van der Waals surface area contributed by atoms with Crippen molar-refractivity contribution >= 4 is 17.5 Å². The summed E-state index contributed by atoms with van der Waals surface area (Å²) in [6.07, 6.45) is 2.84. The molecule has 0 spiro atoms. The summed E-state index contributed by atoms with van der Waals surface area (Å²) in [4.78, 5) is 16.6. The molecule has 0 unspecified atom stereocenters. The van der Waals surface area contributed by atoms with Gasteiger partial charge >= 0.3 is 0 Å². The van der Waals surface area contributed by atoms with Crippen LogP contribution in [0.1, 0.15) is 5.69 Å². The molecule has 9 heteroatoms. The lowest BCUT2D eigenvalue weighted by Crippen LogP contribution is -2.34. The second-order valence-corrected chi connectivity index (χ2v) is 6.53. The first-order valence-corrected chi connectivity index (χ1v) is 8.58. The highest BCUT2D eigenvalue weighted by molar-refractivity contribution is 5.50. The quantitative estimate of drug-likeness (QED) is 0.816. The maximum absolute atomic E-state index is 14.2. The zero-order valence-corrected chi connectivity index (χ0v) is 15.6. The minimum Gasteiger partial charge on any atom is -0.377 e. The number of halogens is 1. The molecule has 0 radical (unpaired) electrons. The average Bonchev–Trinajstić information content (AvgIpc) is 3.08. The first-order chi connectivity index (χ1) is 13.0. The molecule has 0 saturated carbocycles. The van der Waals surface area contributed by atoms with Crippen LogP contribution < -0.4 is 15.1 Å². The van der Waals surface area contributed by atoms with E-state index in [0.717, 1.165) is 12.0 Å². The number of methoxy groups -OCH3 is 1. The van der Waals surface area contributed by atoms with Gasteiger partial charge in [-0.25, -0.2) is 9.37 Å². The smallest absolute Gasteiger partial charge is 0.226 e. The van der Waals surface area contributed by atoms with E-state index in [9.17, 15) is 4.39 Å². The molecular formula is C18H22FN7O. The van der Waals surface area contributed by atoms with Gasteiger partial charge in [-0.15, -0.1) is 0 Å². The second-order valence-electron chi connectivity index (χ2n) is 6.53. The zero-order valence-electron chi connectivity index (χ0n) is 15.6. The third-order valence-electron chi connectivity index (χ3n) is 4.43. The molecule has 1 aliphatic heterocycles. The Hall–Kier alpha value is -2.99. The molecule has 27 heavy (non-hydrogen) atoms. The summed E-state index contributed by atoms with van der Waals surface area (Å²) in [6.45, 7) is 1.22. The van der Waals surface area contributed by atoms with E-state index in [2.05, 4.69) is 25.2 Å². The summed E-state index contributed by atoms with van der Waals surface area (Å²) in [7, 11) is 5.41. The highest BCUT2D eigenvalue weighted by atomic mass is 19.1. The minimum absolute atomic E-state index is 0.133. The Kier molecular flexibility index (Phi) is 5.66. The maximum atomic E-state index is 14.2. The molecule has 0 bridgehead atoms. The van der Waals surface area contributed by atoms with Crippen LogP contribution in [0.25, 0.3) is 0 Å². The monoisotopic (exact) mass is 371 g/mol. The third-order valence-corrected chi connectivity index (χ3v) is 4.43. The molecule has 0 aliphatic carbocycles. The van der Waals surface area contributed by atoms with Crippen LogP contribution in [-0.2, 0) is 11.2 Å². The van der Waals surface area contributed by atoms with Gasteiger partial charge in [0, 0.05) is 40.5 Å². The summed E-state index contributed by atoms with van der Waals surface area (Å²) >= 11 is 0. The Balaban J connectivity index is 1.78. The topological polar surface area (TPSA) is 90.2 Å². The van der Waals surface area contributed by atoms with Crippen LogP contribution in [-0.4, -0.2) is 61.4 Å². The molecule has 142 valence electrons. The van der Waals surface area contributed by atoms with Crippen molar-refractivity contribution in [2.45, 2.75) is 18.6 Å². The van der Waals surface area contributed by atoms with Crippen molar-refractivity contribution in [3.05, 3.63) is 36.0 Å². The number of pyridine rings is 1. The normalized spacial score (nSPS) is 19.0. The fraction of sp³-hybridized carbons (Fsp3) is 0.444. The van der Waals surface area contributed by atoms with E-state index in [-0.39, 0.29) is 18.6 Å². The zero-order chi connectivity index (χ0) is 19.4. The molecular weight excluding hydrogens is 349 g/mol. The number of rotatable bonds is 6. The molecule has 0 aromatic carbocycles. The first kappa shape index (κ1) is 18.8. The molecule has 1 aliphatic rings. The van der Waals surface area contributed by atoms with Crippen LogP contribution in [0.3, 0.4) is 0 Å². The molecule has 2 aromatic heterocycles. The molecule has 2 aromatic rings. The van der Waals surface area contributed by atoms with Gasteiger partial charge < -0.3 is 19.9 Å². The van der Waals surface area contributed by atoms with Gasteiger partial charge in [0.25, 0.3) is 0 Å². The number of hydrogen-bond donors (Lipinski definition) is 1. The van der Waals surface area contributed by atoms with Crippen molar-refractivity contribution in [3.8, 4) is 6.07 Å². The number of aromatic nitrogens is 3. The van der Waals surface area contributed by atoms with Gasteiger partial charge in [0.1, 0.15) is 5.82 Å². The van der Waals surface area contributed by atoms with Gasteiger partial charge in [-0.3, -0.25) is 4.98 Å².